The third-order valence-electron chi connectivity index (χ3n) is 9.15. The Bertz CT molecular complexity index is 1600. The van der Waals surface area contributed by atoms with Gasteiger partial charge in [0.15, 0.2) is 5.65 Å². The molecule has 2 N–H and O–H groups in total. The summed E-state index contributed by atoms with van der Waals surface area (Å²) in [5.41, 5.74) is 2.53. The zero-order chi connectivity index (χ0) is 26.7. The van der Waals surface area contributed by atoms with Gasteiger partial charge < -0.3 is 25.0 Å². The lowest BCUT2D eigenvalue weighted by Crippen LogP contribution is -2.34. The zero-order valence-corrected chi connectivity index (χ0v) is 22.7. The molecule has 2 atom stereocenters. The number of nitrogens with one attached hydrogen (secondary N) is 2. The van der Waals surface area contributed by atoms with Crippen LogP contribution in [0.3, 0.4) is 0 Å². The van der Waals surface area contributed by atoms with Crippen LogP contribution in [0, 0.1) is 17.8 Å². The number of anilines is 1. The lowest BCUT2D eigenvalue weighted by molar-refractivity contribution is 0.0949. The maximum Gasteiger partial charge on any atom is 0.259 e. The van der Waals surface area contributed by atoms with Crippen LogP contribution >= 0.6 is 0 Å². The fourth-order valence-electron chi connectivity index (χ4n) is 6.99. The van der Waals surface area contributed by atoms with Crippen molar-refractivity contribution in [2.75, 3.05) is 64.8 Å². The van der Waals surface area contributed by atoms with Gasteiger partial charge in [0.1, 0.15) is 11.2 Å². The lowest BCUT2D eigenvalue weighted by Gasteiger charge is -2.28. The van der Waals surface area contributed by atoms with Crippen molar-refractivity contribution in [3.05, 3.63) is 46.2 Å². The molecular formula is C29H36N8O2. The summed E-state index contributed by atoms with van der Waals surface area (Å²) in [5, 5.41) is 3.40. The highest BCUT2D eigenvalue weighted by molar-refractivity contribution is 6.05. The molecule has 0 saturated carbocycles. The summed E-state index contributed by atoms with van der Waals surface area (Å²) in [6, 6.07) is 7.85. The highest BCUT2D eigenvalue weighted by Gasteiger charge is 2.39. The minimum Gasteiger partial charge on any atom is -0.352 e. The molecule has 10 nitrogen and oxygen atoms in total. The molecule has 4 aromatic rings. The number of piperidine rings is 1. The molecule has 2 unspecified atom stereocenters. The minimum absolute atomic E-state index is 0.122. The van der Waals surface area contributed by atoms with Crippen LogP contribution in [0.4, 0.5) is 5.95 Å². The molecule has 1 amide bonds. The zero-order valence-electron chi connectivity index (χ0n) is 22.7. The van der Waals surface area contributed by atoms with Crippen LogP contribution in [0.2, 0.25) is 0 Å². The second-order valence-corrected chi connectivity index (χ2v) is 11.9. The average Bonchev–Trinajstić information content (AvgIpc) is 3.60. The number of aromatic amines is 1. The van der Waals surface area contributed by atoms with Crippen LogP contribution in [0.25, 0.3) is 27.7 Å². The Hall–Kier alpha value is -3.50. The van der Waals surface area contributed by atoms with E-state index >= 15 is 0 Å². The van der Waals surface area contributed by atoms with Crippen LogP contribution < -0.4 is 15.6 Å². The van der Waals surface area contributed by atoms with Crippen molar-refractivity contribution in [1.29, 1.82) is 0 Å². The number of amides is 1. The van der Waals surface area contributed by atoms with Crippen LogP contribution in [-0.4, -0.2) is 95.0 Å². The van der Waals surface area contributed by atoms with Crippen molar-refractivity contribution in [2.45, 2.75) is 19.3 Å². The Morgan fingerprint density at radius 1 is 1.05 bits per heavy atom. The predicted molar refractivity (Wildman–Crippen MR) is 152 cm³/mol. The van der Waals surface area contributed by atoms with E-state index < -0.39 is 0 Å². The summed E-state index contributed by atoms with van der Waals surface area (Å²) in [6.07, 6.45) is 4.83. The second kappa shape index (κ2) is 9.60. The van der Waals surface area contributed by atoms with E-state index in [1.54, 1.807) is 6.20 Å². The number of carbonyl (C=O) groups excluding carboxylic acids is 1. The fourth-order valence-corrected chi connectivity index (χ4v) is 6.99. The lowest BCUT2D eigenvalue weighted by atomic mass is 9.94. The molecule has 0 bridgehead atoms. The van der Waals surface area contributed by atoms with Gasteiger partial charge in [-0.15, -0.1) is 0 Å². The Morgan fingerprint density at radius 3 is 2.56 bits per heavy atom. The number of likely N-dealkylation sites (tertiary alicyclic amines) is 2. The molecule has 0 aliphatic carbocycles. The van der Waals surface area contributed by atoms with E-state index in [0.29, 0.717) is 46.9 Å². The molecule has 0 spiro atoms. The normalized spacial score (nSPS) is 22.9. The number of imidazole rings is 1. The van der Waals surface area contributed by atoms with Crippen molar-refractivity contribution in [3.8, 4) is 0 Å². The van der Waals surface area contributed by atoms with Gasteiger partial charge in [-0.25, -0.2) is 4.98 Å². The number of H-pyrrole nitrogens is 1. The number of hydrogen-bond donors (Lipinski definition) is 2. The first-order chi connectivity index (χ1) is 19.0. The molecule has 204 valence electrons. The summed E-state index contributed by atoms with van der Waals surface area (Å²) >= 11 is 0. The van der Waals surface area contributed by atoms with Gasteiger partial charge in [0.05, 0.1) is 16.4 Å². The van der Waals surface area contributed by atoms with E-state index in [-0.39, 0.29) is 16.9 Å². The van der Waals surface area contributed by atoms with Crippen molar-refractivity contribution < 1.29 is 4.79 Å². The van der Waals surface area contributed by atoms with Crippen LogP contribution in [-0.2, 0) is 0 Å². The summed E-state index contributed by atoms with van der Waals surface area (Å²) < 4.78 is 1.92. The van der Waals surface area contributed by atoms with Gasteiger partial charge in [0.25, 0.3) is 5.91 Å². The summed E-state index contributed by atoms with van der Waals surface area (Å²) in [6.45, 7) is 6.78. The van der Waals surface area contributed by atoms with Crippen molar-refractivity contribution >= 4 is 39.6 Å². The van der Waals surface area contributed by atoms with Crippen LogP contribution in [0.1, 0.15) is 29.6 Å². The molecule has 3 fully saturated rings. The molecule has 3 aliphatic rings. The van der Waals surface area contributed by atoms with Gasteiger partial charge in [0, 0.05) is 38.9 Å². The number of benzene rings is 1. The first kappa shape index (κ1) is 24.5. The van der Waals surface area contributed by atoms with Gasteiger partial charge in [-0.3, -0.25) is 14.0 Å². The van der Waals surface area contributed by atoms with Crippen LogP contribution in [0.15, 0.2) is 35.3 Å². The Kier molecular flexibility index (Phi) is 6.04. The number of nitrogens with zero attached hydrogens (tertiary/aromatic N) is 6. The van der Waals surface area contributed by atoms with Crippen LogP contribution in [0.5, 0.6) is 0 Å². The van der Waals surface area contributed by atoms with E-state index in [0.717, 1.165) is 69.6 Å². The minimum atomic E-state index is -0.348. The quantitative estimate of drug-likeness (QED) is 0.409. The number of carbonyl (C=O) groups is 1. The van der Waals surface area contributed by atoms with Gasteiger partial charge >= 0.3 is 0 Å². The molecule has 39 heavy (non-hydrogen) atoms. The summed E-state index contributed by atoms with van der Waals surface area (Å²) in [7, 11) is 4.33. The number of para-hydroxylation sites is 2. The largest absolute Gasteiger partial charge is 0.352 e. The maximum atomic E-state index is 13.8. The SMILES string of the molecule is CN1CCC(CCNC(=O)c2c(=O)c3cnc(N4CC5CN(C)CC5C4)nc3n3c2[nH]c2ccccc23)CC1. The van der Waals surface area contributed by atoms with E-state index in [2.05, 4.69) is 44.1 Å². The number of fused-ring (bicyclic) bond motifs is 6. The van der Waals surface area contributed by atoms with Crippen molar-refractivity contribution in [2.24, 2.45) is 17.8 Å². The molecule has 1 aromatic carbocycles. The monoisotopic (exact) mass is 528 g/mol. The highest BCUT2D eigenvalue weighted by atomic mass is 16.2. The number of pyridine rings is 1. The molecule has 3 saturated heterocycles. The highest BCUT2D eigenvalue weighted by Crippen LogP contribution is 2.32. The first-order valence-corrected chi connectivity index (χ1v) is 14.2. The summed E-state index contributed by atoms with van der Waals surface area (Å²) in [5.74, 6) is 2.13. The standard InChI is InChI=1S/C29H36N8O2/c1-34-11-8-18(9-12-34)7-10-30-28(39)24-25(38)21-13-31-29(36-16-19-14-35(2)15-20(19)17-36)33-26(21)37-23-6-4-3-5-22(23)32-27(24)37/h3-6,13,18-20,32H,7-12,14-17H2,1-2H3,(H,30,39). The van der Waals surface area contributed by atoms with Crippen molar-refractivity contribution in [1.82, 2.24) is 34.5 Å². The number of aromatic nitrogens is 4. The third kappa shape index (κ3) is 4.26. The van der Waals surface area contributed by atoms with E-state index in [9.17, 15) is 9.59 Å². The van der Waals surface area contributed by atoms with E-state index in [1.165, 1.54) is 0 Å². The van der Waals surface area contributed by atoms with Gasteiger partial charge in [-0.2, -0.15) is 4.98 Å². The molecule has 7 rings (SSSR count). The Labute approximate surface area is 227 Å². The Morgan fingerprint density at radius 2 is 1.79 bits per heavy atom. The Balaban J connectivity index is 1.25. The molecule has 3 aliphatic heterocycles. The number of rotatable bonds is 5. The third-order valence-corrected chi connectivity index (χ3v) is 9.15. The topological polar surface area (TPSA) is 102 Å². The summed E-state index contributed by atoms with van der Waals surface area (Å²) in [4.78, 5) is 47.2. The number of hydrogen-bond acceptors (Lipinski definition) is 7. The average molecular weight is 529 g/mol. The molecule has 6 heterocycles. The molecule has 0 radical (unpaired) electrons. The fraction of sp³-hybridized carbons (Fsp3) is 0.517. The van der Waals surface area contributed by atoms with Gasteiger partial charge in [-0.05, 0) is 76.3 Å². The molecular weight excluding hydrogens is 492 g/mol. The van der Waals surface area contributed by atoms with E-state index in [1.807, 2.05) is 28.7 Å². The van der Waals surface area contributed by atoms with Gasteiger partial charge in [-0.1, -0.05) is 12.1 Å². The first-order valence-electron chi connectivity index (χ1n) is 14.2. The van der Waals surface area contributed by atoms with Crippen molar-refractivity contribution in [3.63, 3.8) is 0 Å². The van der Waals surface area contributed by atoms with E-state index in [4.69, 9.17) is 4.98 Å². The van der Waals surface area contributed by atoms with Gasteiger partial charge in [0.2, 0.25) is 11.4 Å². The predicted octanol–water partition coefficient (Wildman–Crippen LogP) is 2.18. The molecule has 10 heteroatoms. The smallest absolute Gasteiger partial charge is 0.259 e. The second-order valence-electron chi connectivity index (χ2n) is 11.9. The maximum absolute atomic E-state index is 13.8. The molecule has 3 aromatic heterocycles.